The molecule has 36 heavy (non-hydrogen) atoms. The average Bonchev–Trinajstić information content (AvgIpc) is 3.37. The van der Waals surface area contributed by atoms with Crippen LogP contribution in [0.5, 0.6) is 17.2 Å². The van der Waals surface area contributed by atoms with Crippen LogP contribution in [-0.4, -0.2) is 51.8 Å². The summed E-state index contributed by atoms with van der Waals surface area (Å²) in [5.41, 5.74) is 0.743. The maximum atomic E-state index is 13.9. The second kappa shape index (κ2) is 9.81. The minimum atomic E-state index is -1.37. The van der Waals surface area contributed by atoms with Gasteiger partial charge in [0.2, 0.25) is 17.6 Å². The van der Waals surface area contributed by atoms with Crippen molar-refractivity contribution in [2.45, 2.75) is 38.3 Å². The highest BCUT2D eigenvalue weighted by Gasteiger charge is 2.68. The molecule has 0 saturated carbocycles. The Morgan fingerprint density at radius 2 is 1.58 bits per heavy atom. The van der Waals surface area contributed by atoms with Gasteiger partial charge in [0.15, 0.2) is 11.5 Å². The zero-order valence-electron chi connectivity index (χ0n) is 21.4. The lowest BCUT2D eigenvalue weighted by atomic mass is 9.77. The molecule has 2 aromatic carbocycles. The molecule has 0 aliphatic carbocycles. The molecule has 0 spiro atoms. The van der Waals surface area contributed by atoms with E-state index in [0.29, 0.717) is 41.3 Å². The van der Waals surface area contributed by atoms with Crippen molar-refractivity contribution in [2.75, 3.05) is 33.3 Å². The van der Waals surface area contributed by atoms with E-state index in [1.165, 1.54) is 33.3 Å². The summed E-state index contributed by atoms with van der Waals surface area (Å²) < 4.78 is 21.7. The Labute approximate surface area is 210 Å². The van der Waals surface area contributed by atoms with Gasteiger partial charge in [-0.05, 0) is 43.2 Å². The molecule has 1 N–H and O–H groups in total. The molecule has 9 nitrogen and oxygen atoms in total. The van der Waals surface area contributed by atoms with E-state index in [1.54, 1.807) is 24.3 Å². The summed E-state index contributed by atoms with van der Waals surface area (Å²) >= 11 is 0. The third-order valence-electron chi connectivity index (χ3n) is 7.19. The number of ether oxygens (including phenoxy) is 4. The highest BCUT2D eigenvalue weighted by Crippen LogP contribution is 2.53. The van der Waals surface area contributed by atoms with Crippen LogP contribution >= 0.6 is 0 Å². The minimum Gasteiger partial charge on any atom is -0.493 e. The van der Waals surface area contributed by atoms with Crippen molar-refractivity contribution in [2.24, 2.45) is 11.8 Å². The van der Waals surface area contributed by atoms with E-state index < -0.39 is 35.3 Å². The topological polar surface area (TPSA) is 103 Å². The molecule has 0 bridgehead atoms. The predicted molar refractivity (Wildman–Crippen MR) is 132 cm³/mol. The van der Waals surface area contributed by atoms with Crippen LogP contribution in [0.25, 0.3) is 0 Å². The zero-order chi connectivity index (χ0) is 26.2. The van der Waals surface area contributed by atoms with E-state index in [-0.39, 0.29) is 5.91 Å². The van der Waals surface area contributed by atoms with Crippen LogP contribution < -0.4 is 24.4 Å². The Kier molecular flexibility index (Phi) is 6.95. The number of carbonyl (C=O) groups excluding carboxylic acids is 3. The van der Waals surface area contributed by atoms with E-state index in [0.717, 1.165) is 5.56 Å². The van der Waals surface area contributed by atoms with Crippen LogP contribution in [0.1, 0.15) is 36.9 Å². The summed E-state index contributed by atoms with van der Waals surface area (Å²) in [6.07, 6.45) is 0.918. The van der Waals surface area contributed by atoms with Crippen molar-refractivity contribution in [3.8, 4) is 17.2 Å². The van der Waals surface area contributed by atoms with Gasteiger partial charge in [-0.3, -0.25) is 19.7 Å². The van der Waals surface area contributed by atoms with Crippen LogP contribution in [0.4, 0.5) is 5.69 Å². The number of imide groups is 1. The van der Waals surface area contributed by atoms with Crippen molar-refractivity contribution < 1.29 is 33.3 Å². The highest BCUT2D eigenvalue weighted by atomic mass is 16.5. The van der Waals surface area contributed by atoms with Crippen molar-refractivity contribution in [3.05, 3.63) is 47.5 Å². The largest absolute Gasteiger partial charge is 0.493 e. The number of aryl methyl sites for hydroxylation is 1. The lowest BCUT2D eigenvalue weighted by Crippen LogP contribution is -2.56. The monoisotopic (exact) mass is 496 g/mol. The number of nitrogens with one attached hydrogen (secondary N) is 1. The van der Waals surface area contributed by atoms with Crippen molar-refractivity contribution in [1.29, 1.82) is 0 Å². The van der Waals surface area contributed by atoms with E-state index in [4.69, 9.17) is 18.9 Å². The number of carbonyl (C=O) groups is 3. The Bertz CT molecular complexity index is 1150. The van der Waals surface area contributed by atoms with Gasteiger partial charge >= 0.3 is 5.97 Å². The van der Waals surface area contributed by atoms with Crippen molar-refractivity contribution in [1.82, 2.24) is 5.32 Å². The molecule has 2 aliphatic rings. The van der Waals surface area contributed by atoms with Gasteiger partial charge in [0, 0.05) is 6.04 Å². The van der Waals surface area contributed by atoms with E-state index >= 15 is 0 Å². The van der Waals surface area contributed by atoms with Crippen LogP contribution in [0.3, 0.4) is 0 Å². The molecule has 0 aromatic heterocycles. The first kappa shape index (κ1) is 25.5. The van der Waals surface area contributed by atoms with Gasteiger partial charge in [-0.2, -0.15) is 0 Å². The second-order valence-electron chi connectivity index (χ2n) is 9.14. The summed E-state index contributed by atoms with van der Waals surface area (Å²) in [5.74, 6) is -1.93. The van der Waals surface area contributed by atoms with E-state index in [2.05, 4.69) is 5.32 Å². The number of benzene rings is 2. The molecule has 4 rings (SSSR count). The molecular weight excluding hydrogens is 464 g/mol. The minimum absolute atomic E-state index is 0.322. The number of rotatable bonds is 8. The zero-order valence-corrected chi connectivity index (χ0v) is 21.4. The molecule has 2 amide bonds. The van der Waals surface area contributed by atoms with Crippen LogP contribution in [0.2, 0.25) is 0 Å². The van der Waals surface area contributed by atoms with Gasteiger partial charge in [-0.15, -0.1) is 0 Å². The van der Waals surface area contributed by atoms with Gasteiger partial charge < -0.3 is 18.9 Å². The fourth-order valence-corrected chi connectivity index (χ4v) is 5.61. The summed E-state index contributed by atoms with van der Waals surface area (Å²) in [7, 11) is 5.81. The number of fused-ring (bicyclic) bond motifs is 1. The molecule has 2 aromatic rings. The standard InChI is InChI=1S/C27H32N2O7/c1-7-12-27(26(32)36-6)21-20(24(30)29(25(21)31)17-10-8-15(2)9-11-17)22(28-27)16-13-18(33-3)23(35-5)19(14-16)34-4/h8-11,13-14,20-22,28H,7,12H2,1-6H3. The fraction of sp³-hybridized carbons (Fsp3) is 0.444. The number of anilines is 1. The van der Waals surface area contributed by atoms with Crippen LogP contribution in [0, 0.1) is 18.8 Å². The smallest absolute Gasteiger partial charge is 0.326 e. The highest BCUT2D eigenvalue weighted by molar-refractivity contribution is 6.24. The summed E-state index contributed by atoms with van der Waals surface area (Å²) in [5, 5.41) is 3.36. The second-order valence-corrected chi connectivity index (χ2v) is 9.14. The number of methoxy groups -OCH3 is 4. The summed E-state index contributed by atoms with van der Waals surface area (Å²) in [6, 6.07) is 9.98. The Morgan fingerprint density at radius 1 is 0.972 bits per heavy atom. The fourth-order valence-electron chi connectivity index (χ4n) is 5.61. The predicted octanol–water partition coefficient (Wildman–Crippen LogP) is 3.18. The molecule has 2 aliphatic heterocycles. The van der Waals surface area contributed by atoms with Gasteiger partial charge in [-0.1, -0.05) is 31.0 Å². The third-order valence-corrected chi connectivity index (χ3v) is 7.19. The van der Waals surface area contributed by atoms with E-state index in [9.17, 15) is 14.4 Å². The molecule has 2 fully saturated rings. The summed E-state index contributed by atoms with van der Waals surface area (Å²) in [6.45, 7) is 3.85. The van der Waals surface area contributed by atoms with Crippen LogP contribution in [0.15, 0.2) is 36.4 Å². The van der Waals surface area contributed by atoms with Gasteiger partial charge in [0.25, 0.3) is 0 Å². The molecular formula is C27H32N2O7. The molecule has 9 heteroatoms. The molecule has 4 unspecified atom stereocenters. The molecule has 2 heterocycles. The molecule has 2 saturated heterocycles. The molecule has 192 valence electrons. The third kappa shape index (κ3) is 3.78. The number of amides is 2. The lowest BCUT2D eigenvalue weighted by Gasteiger charge is -2.32. The first-order chi connectivity index (χ1) is 17.3. The van der Waals surface area contributed by atoms with E-state index in [1.807, 2.05) is 26.0 Å². The first-order valence-electron chi connectivity index (χ1n) is 11.9. The Balaban J connectivity index is 1.90. The van der Waals surface area contributed by atoms with Crippen molar-refractivity contribution >= 4 is 23.5 Å². The quantitative estimate of drug-likeness (QED) is 0.439. The number of nitrogens with zero attached hydrogens (tertiary/aromatic N) is 1. The number of hydrogen-bond donors (Lipinski definition) is 1. The lowest BCUT2D eigenvalue weighted by molar-refractivity contribution is -0.152. The first-order valence-corrected chi connectivity index (χ1v) is 11.9. The SMILES string of the molecule is CCCC1(C(=O)OC)NC(c2cc(OC)c(OC)c(OC)c2)C2C(=O)N(c3ccc(C)cc3)C(=O)C21. The Morgan fingerprint density at radius 3 is 2.08 bits per heavy atom. The molecule has 4 atom stereocenters. The van der Waals surface area contributed by atoms with Gasteiger partial charge in [-0.25, -0.2) is 4.90 Å². The average molecular weight is 497 g/mol. The normalized spacial score (nSPS) is 25.1. The van der Waals surface area contributed by atoms with Crippen LogP contribution in [-0.2, 0) is 19.1 Å². The molecule has 0 radical (unpaired) electrons. The Hall–Kier alpha value is -3.59. The summed E-state index contributed by atoms with van der Waals surface area (Å²) in [4.78, 5) is 42.3. The maximum Gasteiger partial charge on any atom is 0.326 e. The van der Waals surface area contributed by atoms with Crippen molar-refractivity contribution in [3.63, 3.8) is 0 Å². The van der Waals surface area contributed by atoms with Gasteiger partial charge in [0.1, 0.15) is 5.54 Å². The number of hydrogen-bond acceptors (Lipinski definition) is 8. The maximum absolute atomic E-state index is 13.9. The number of esters is 1. The van der Waals surface area contributed by atoms with Gasteiger partial charge in [0.05, 0.1) is 46.0 Å².